The zero-order valence-electron chi connectivity index (χ0n) is 11.4. The number of aromatic nitrogens is 3. The molecule has 0 aliphatic carbocycles. The van der Waals surface area contributed by atoms with Crippen LogP contribution in [0.1, 0.15) is 23.4 Å². The Hall–Kier alpha value is -2.89. The van der Waals surface area contributed by atoms with Crippen molar-refractivity contribution in [2.45, 2.75) is 13.3 Å². The van der Waals surface area contributed by atoms with E-state index in [2.05, 4.69) is 20.5 Å². The van der Waals surface area contributed by atoms with Gasteiger partial charge >= 0.3 is 0 Å². The molecule has 6 heteroatoms. The molecule has 0 aliphatic heterocycles. The van der Waals surface area contributed by atoms with Gasteiger partial charge in [0, 0.05) is 22.9 Å². The molecule has 6 nitrogen and oxygen atoms in total. The van der Waals surface area contributed by atoms with Crippen LogP contribution in [0.2, 0.25) is 0 Å². The summed E-state index contributed by atoms with van der Waals surface area (Å²) in [5.74, 6) is 0.552. The number of carbonyl (C=O) groups excluding carboxylic acids is 1. The van der Waals surface area contributed by atoms with Crippen molar-refractivity contribution < 1.29 is 9.90 Å². The monoisotopic (exact) mass is 282 g/mol. The van der Waals surface area contributed by atoms with E-state index in [4.69, 9.17) is 0 Å². The summed E-state index contributed by atoms with van der Waals surface area (Å²) in [5, 5.41) is 20.6. The number of phenolic OH excluding ortho intramolecular Hbond substituents is 1. The van der Waals surface area contributed by atoms with E-state index in [1.165, 1.54) is 0 Å². The number of H-pyrrole nitrogens is 1. The fourth-order valence-corrected chi connectivity index (χ4v) is 2.14. The Bertz CT molecular complexity index is 810. The maximum Gasteiger partial charge on any atom is 0.295 e. The molecule has 106 valence electrons. The number of rotatable bonds is 3. The SMILES string of the molecule is CCc1nc(C(=O)Nc2cccc3c(O)cccc23)n[nH]1. The van der Waals surface area contributed by atoms with E-state index in [0.717, 1.165) is 5.39 Å². The van der Waals surface area contributed by atoms with E-state index in [0.29, 0.717) is 23.3 Å². The Morgan fingerprint density at radius 1 is 1.24 bits per heavy atom. The second-order valence-electron chi connectivity index (χ2n) is 4.59. The minimum absolute atomic E-state index is 0.101. The Balaban J connectivity index is 1.94. The summed E-state index contributed by atoms with van der Waals surface area (Å²) >= 11 is 0. The van der Waals surface area contributed by atoms with Gasteiger partial charge in [-0.2, -0.15) is 0 Å². The molecular formula is C15H14N4O2. The number of aromatic amines is 1. The molecule has 0 saturated heterocycles. The Labute approximate surface area is 120 Å². The number of hydrogen-bond donors (Lipinski definition) is 3. The summed E-state index contributed by atoms with van der Waals surface area (Å²) in [5.41, 5.74) is 0.608. The number of fused-ring (bicyclic) bond motifs is 1. The molecule has 3 N–H and O–H groups in total. The standard InChI is InChI=1S/C15H14N4O2/c1-2-13-17-14(19-18-13)15(21)16-11-7-3-6-10-9(11)5-4-8-12(10)20/h3-8,20H,2H2,1H3,(H,16,21)(H,17,18,19). The highest BCUT2D eigenvalue weighted by Crippen LogP contribution is 2.29. The summed E-state index contributed by atoms with van der Waals surface area (Å²) in [6.45, 7) is 1.93. The van der Waals surface area contributed by atoms with Gasteiger partial charge in [-0.25, -0.2) is 4.98 Å². The summed E-state index contributed by atoms with van der Waals surface area (Å²) in [6.07, 6.45) is 0.683. The molecule has 2 aromatic carbocycles. The largest absolute Gasteiger partial charge is 0.507 e. The van der Waals surface area contributed by atoms with Crippen LogP contribution in [0.25, 0.3) is 10.8 Å². The predicted octanol–water partition coefficient (Wildman–Crippen LogP) is 2.48. The zero-order chi connectivity index (χ0) is 14.8. The summed E-state index contributed by atoms with van der Waals surface area (Å²) in [4.78, 5) is 16.2. The lowest BCUT2D eigenvalue weighted by Crippen LogP contribution is -2.14. The van der Waals surface area contributed by atoms with E-state index >= 15 is 0 Å². The number of nitrogens with zero attached hydrogens (tertiary/aromatic N) is 2. The molecule has 1 amide bonds. The fourth-order valence-electron chi connectivity index (χ4n) is 2.14. The molecule has 0 bridgehead atoms. The first kappa shape index (κ1) is 13.1. The minimum atomic E-state index is -0.387. The third kappa shape index (κ3) is 2.43. The molecule has 3 aromatic rings. The van der Waals surface area contributed by atoms with Crippen LogP contribution < -0.4 is 5.32 Å². The van der Waals surface area contributed by atoms with E-state index in [1.807, 2.05) is 13.0 Å². The number of aromatic hydroxyl groups is 1. The smallest absolute Gasteiger partial charge is 0.295 e. The van der Waals surface area contributed by atoms with Crippen molar-refractivity contribution in [1.29, 1.82) is 0 Å². The van der Waals surface area contributed by atoms with Crippen LogP contribution in [-0.2, 0) is 6.42 Å². The Kier molecular flexibility index (Phi) is 3.27. The summed E-state index contributed by atoms with van der Waals surface area (Å²) in [6, 6.07) is 10.5. The number of anilines is 1. The number of benzene rings is 2. The van der Waals surface area contributed by atoms with Crippen LogP contribution in [0, 0.1) is 0 Å². The van der Waals surface area contributed by atoms with Crippen molar-refractivity contribution in [3.8, 4) is 5.75 Å². The van der Waals surface area contributed by atoms with Crippen molar-refractivity contribution in [3.05, 3.63) is 48.0 Å². The van der Waals surface area contributed by atoms with Crippen LogP contribution in [0.3, 0.4) is 0 Å². The van der Waals surface area contributed by atoms with Crippen LogP contribution in [-0.4, -0.2) is 26.2 Å². The maximum absolute atomic E-state index is 12.2. The van der Waals surface area contributed by atoms with Crippen LogP contribution in [0.5, 0.6) is 5.75 Å². The average Bonchev–Trinajstić information content (AvgIpc) is 2.97. The van der Waals surface area contributed by atoms with E-state index in [9.17, 15) is 9.90 Å². The van der Waals surface area contributed by atoms with Crippen molar-refractivity contribution in [1.82, 2.24) is 15.2 Å². The fraction of sp³-hybridized carbons (Fsp3) is 0.133. The molecule has 0 aliphatic rings. The summed E-state index contributed by atoms with van der Waals surface area (Å²) < 4.78 is 0. The zero-order valence-corrected chi connectivity index (χ0v) is 11.4. The number of aryl methyl sites for hydroxylation is 1. The number of amides is 1. The molecule has 0 saturated carbocycles. The lowest BCUT2D eigenvalue weighted by Gasteiger charge is -2.08. The van der Waals surface area contributed by atoms with Gasteiger partial charge in [0.2, 0.25) is 5.82 Å². The van der Waals surface area contributed by atoms with Gasteiger partial charge in [-0.15, -0.1) is 5.10 Å². The molecule has 0 atom stereocenters. The van der Waals surface area contributed by atoms with Crippen LogP contribution >= 0.6 is 0 Å². The lowest BCUT2D eigenvalue weighted by atomic mass is 10.1. The van der Waals surface area contributed by atoms with Crippen LogP contribution in [0.4, 0.5) is 5.69 Å². The number of phenols is 1. The van der Waals surface area contributed by atoms with E-state index < -0.39 is 0 Å². The molecule has 0 unspecified atom stereocenters. The van der Waals surface area contributed by atoms with E-state index in [1.54, 1.807) is 30.3 Å². The second-order valence-corrected chi connectivity index (χ2v) is 4.59. The molecular weight excluding hydrogens is 268 g/mol. The highest BCUT2D eigenvalue weighted by Gasteiger charge is 2.13. The van der Waals surface area contributed by atoms with Crippen LogP contribution in [0.15, 0.2) is 36.4 Å². The average molecular weight is 282 g/mol. The van der Waals surface area contributed by atoms with E-state index in [-0.39, 0.29) is 17.5 Å². The Morgan fingerprint density at radius 3 is 2.76 bits per heavy atom. The second kappa shape index (κ2) is 5.24. The maximum atomic E-state index is 12.2. The van der Waals surface area contributed by atoms with Gasteiger partial charge in [0.15, 0.2) is 0 Å². The molecule has 1 aromatic heterocycles. The van der Waals surface area contributed by atoms with Gasteiger partial charge in [0.05, 0.1) is 0 Å². The highest BCUT2D eigenvalue weighted by atomic mass is 16.3. The molecule has 0 spiro atoms. The van der Waals surface area contributed by atoms with Crippen molar-refractivity contribution >= 4 is 22.4 Å². The van der Waals surface area contributed by atoms with Crippen molar-refractivity contribution in [3.63, 3.8) is 0 Å². The number of carbonyl (C=O) groups is 1. The van der Waals surface area contributed by atoms with Gasteiger partial charge in [0.1, 0.15) is 11.6 Å². The third-order valence-corrected chi connectivity index (χ3v) is 3.22. The summed E-state index contributed by atoms with van der Waals surface area (Å²) in [7, 11) is 0. The third-order valence-electron chi connectivity index (χ3n) is 3.22. The molecule has 21 heavy (non-hydrogen) atoms. The van der Waals surface area contributed by atoms with Gasteiger partial charge in [-0.3, -0.25) is 9.89 Å². The Morgan fingerprint density at radius 2 is 2.00 bits per heavy atom. The number of nitrogens with one attached hydrogen (secondary N) is 2. The quantitative estimate of drug-likeness (QED) is 0.688. The molecule has 0 radical (unpaired) electrons. The normalized spacial score (nSPS) is 10.7. The lowest BCUT2D eigenvalue weighted by molar-refractivity contribution is 0.101. The first-order chi connectivity index (χ1) is 10.2. The molecule has 3 rings (SSSR count). The van der Waals surface area contributed by atoms with Gasteiger partial charge < -0.3 is 10.4 Å². The van der Waals surface area contributed by atoms with Gasteiger partial charge in [-0.05, 0) is 12.1 Å². The highest BCUT2D eigenvalue weighted by molar-refractivity contribution is 6.08. The first-order valence-corrected chi connectivity index (χ1v) is 6.62. The number of hydrogen-bond acceptors (Lipinski definition) is 4. The predicted molar refractivity (Wildman–Crippen MR) is 79.3 cm³/mol. The topological polar surface area (TPSA) is 90.9 Å². The first-order valence-electron chi connectivity index (χ1n) is 6.62. The molecule has 0 fully saturated rings. The minimum Gasteiger partial charge on any atom is -0.507 e. The van der Waals surface area contributed by atoms with Crippen molar-refractivity contribution in [2.75, 3.05) is 5.32 Å². The van der Waals surface area contributed by atoms with Gasteiger partial charge in [0.25, 0.3) is 5.91 Å². The van der Waals surface area contributed by atoms with Crippen molar-refractivity contribution in [2.24, 2.45) is 0 Å². The molecule has 1 heterocycles. The van der Waals surface area contributed by atoms with Gasteiger partial charge in [-0.1, -0.05) is 31.2 Å².